The molecule has 1 atom stereocenters. The van der Waals surface area contributed by atoms with Crippen molar-refractivity contribution >= 4 is 5.97 Å². The summed E-state index contributed by atoms with van der Waals surface area (Å²) in [7, 11) is 1.66. The third-order valence-corrected chi connectivity index (χ3v) is 3.03. The van der Waals surface area contributed by atoms with E-state index in [1.54, 1.807) is 7.11 Å². The van der Waals surface area contributed by atoms with Gasteiger partial charge in [0.25, 0.3) is 0 Å². The summed E-state index contributed by atoms with van der Waals surface area (Å²) in [6, 6.07) is 0. The Labute approximate surface area is 103 Å². The van der Waals surface area contributed by atoms with Crippen molar-refractivity contribution in [3.63, 3.8) is 0 Å². The van der Waals surface area contributed by atoms with E-state index in [0.717, 1.165) is 39.1 Å². The summed E-state index contributed by atoms with van der Waals surface area (Å²) in [5, 5.41) is 8.71. The highest BCUT2D eigenvalue weighted by molar-refractivity contribution is 5.67. The number of likely N-dealkylation sites (tertiary alicyclic amines) is 1. The molecule has 1 fully saturated rings. The lowest BCUT2D eigenvalue weighted by Crippen LogP contribution is -2.23. The van der Waals surface area contributed by atoms with Crippen molar-refractivity contribution in [1.29, 1.82) is 0 Å². The van der Waals surface area contributed by atoms with Gasteiger partial charge in [0.1, 0.15) is 0 Å². The fourth-order valence-electron chi connectivity index (χ4n) is 2.16. The predicted octanol–water partition coefficient (Wildman–Crippen LogP) is 0.836. The highest BCUT2D eigenvalue weighted by Crippen LogP contribution is 2.19. The zero-order valence-corrected chi connectivity index (χ0v) is 10.6. The number of aliphatic carboxylic acids is 1. The molecule has 1 aliphatic heterocycles. The van der Waals surface area contributed by atoms with Gasteiger partial charge in [0.2, 0.25) is 0 Å². The van der Waals surface area contributed by atoms with Crippen LogP contribution in [0, 0.1) is 5.92 Å². The smallest absolute Gasteiger partial charge is 0.303 e. The second-order valence-electron chi connectivity index (χ2n) is 4.51. The normalized spacial score (nSPS) is 20.9. The first-order valence-corrected chi connectivity index (χ1v) is 6.23. The Morgan fingerprint density at radius 3 is 2.94 bits per heavy atom. The van der Waals surface area contributed by atoms with Gasteiger partial charge in [-0.3, -0.25) is 4.79 Å². The summed E-state index contributed by atoms with van der Waals surface area (Å²) in [5.74, 6) is -0.346. The van der Waals surface area contributed by atoms with Crippen LogP contribution in [0.3, 0.4) is 0 Å². The Morgan fingerprint density at radius 2 is 2.24 bits per heavy atom. The summed E-state index contributed by atoms with van der Waals surface area (Å²) in [6.45, 7) is 5.00. The van der Waals surface area contributed by atoms with Crippen LogP contribution in [-0.2, 0) is 14.3 Å². The molecule has 1 unspecified atom stereocenters. The molecule has 0 saturated carbocycles. The minimum Gasteiger partial charge on any atom is -0.481 e. The number of carboxylic acids is 1. The lowest BCUT2D eigenvalue weighted by Gasteiger charge is -2.15. The number of nitrogens with zero attached hydrogens (tertiary/aromatic N) is 1. The van der Waals surface area contributed by atoms with Gasteiger partial charge in [-0.25, -0.2) is 0 Å². The first-order chi connectivity index (χ1) is 8.22. The van der Waals surface area contributed by atoms with Crippen LogP contribution >= 0.6 is 0 Å². The van der Waals surface area contributed by atoms with Gasteiger partial charge in [0.05, 0.1) is 13.2 Å². The van der Waals surface area contributed by atoms with Gasteiger partial charge in [-0.1, -0.05) is 0 Å². The number of hydrogen-bond acceptors (Lipinski definition) is 4. The molecular weight excluding hydrogens is 222 g/mol. The van der Waals surface area contributed by atoms with Gasteiger partial charge >= 0.3 is 5.97 Å². The van der Waals surface area contributed by atoms with Crippen molar-refractivity contribution in [1.82, 2.24) is 4.90 Å². The fraction of sp³-hybridized carbons (Fsp3) is 0.917. The Bertz CT molecular complexity index is 223. The van der Waals surface area contributed by atoms with Gasteiger partial charge in [0.15, 0.2) is 0 Å². The van der Waals surface area contributed by atoms with Crippen molar-refractivity contribution in [3.8, 4) is 0 Å². The molecule has 0 spiro atoms. The molecule has 17 heavy (non-hydrogen) atoms. The molecule has 5 heteroatoms. The maximum atomic E-state index is 10.6. The highest BCUT2D eigenvalue weighted by Gasteiger charge is 2.23. The molecule has 0 aromatic heterocycles. The number of hydrogen-bond donors (Lipinski definition) is 1. The molecule has 1 rings (SSSR count). The van der Waals surface area contributed by atoms with E-state index in [2.05, 4.69) is 4.90 Å². The topological polar surface area (TPSA) is 59.0 Å². The first-order valence-electron chi connectivity index (χ1n) is 6.23. The lowest BCUT2D eigenvalue weighted by molar-refractivity contribution is -0.138. The van der Waals surface area contributed by atoms with Crippen molar-refractivity contribution in [2.45, 2.75) is 19.3 Å². The molecule has 0 aromatic rings. The molecule has 0 aliphatic carbocycles. The number of carboxylic acid groups (broad SMARTS) is 1. The summed E-state index contributed by atoms with van der Waals surface area (Å²) in [4.78, 5) is 12.9. The van der Waals surface area contributed by atoms with Crippen molar-refractivity contribution in [2.24, 2.45) is 5.92 Å². The maximum absolute atomic E-state index is 10.6. The lowest BCUT2D eigenvalue weighted by atomic mass is 10.1. The van der Waals surface area contributed by atoms with E-state index >= 15 is 0 Å². The largest absolute Gasteiger partial charge is 0.481 e. The van der Waals surface area contributed by atoms with E-state index in [9.17, 15) is 4.79 Å². The zero-order valence-electron chi connectivity index (χ0n) is 10.6. The predicted molar refractivity (Wildman–Crippen MR) is 64.1 cm³/mol. The number of rotatable bonds is 9. The minimum absolute atomic E-state index is 0.306. The van der Waals surface area contributed by atoms with Crippen LogP contribution in [-0.4, -0.2) is 62.5 Å². The standard InChI is InChI=1S/C12H23NO4/c1-16-7-8-17-6-2-4-13-5-3-11(10-13)9-12(14)15/h11H,2-10H2,1H3,(H,14,15). The summed E-state index contributed by atoms with van der Waals surface area (Å²) in [6.07, 6.45) is 2.32. The van der Waals surface area contributed by atoms with Gasteiger partial charge in [-0.05, 0) is 25.3 Å². The van der Waals surface area contributed by atoms with Gasteiger partial charge in [0, 0.05) is 33.2 Å². The van der Waals surface area contributed by atoms with Crippen LogP contribution in [0.5, 0.6) is 0 Å². The van der Waals surface area contributed by atoms with E-state index in [0.29, 0.717) is 25.6 Å². The van der Waals surface area contributed by atoms with Gasteiger partial charge in [-0.15, -0.1) is 0 Å². The zero-order chi connectivity index (χ0) is 12.5. The molecule has 1 saturated heterocycles. The summed E-state index contributed by atoms with van der Waals surface area (Å²) in [5.41, 5.74) is 0. The number of carbonyl (C=O) groups is 1. The summed E-state index contributed by atoms with van der Waals surface area (Å²) < 4.78 is 10.3. The highest BCUT2D eigenvalue weighted by atomic mass is 16.5. The molecule has 1 aliphatic rings. The van der Waals surface area contributed by atoms with Crippen LogP contribution in [0.4, 0.5) is 0 Å². The second-order valence-corrected chi connectivity index (χ2v) is 4.51. The molecule has 1 N–H and O–H groups in total. The van der Waals surface area contributed by atoms with Crippen molar-refractivity contribution < 1.29 is 19.4 Å². The Balaban J connectivity index is 1.96. The quantitative estimate of drug-likeness (QED) is 0.610. The average molecular weight is 245 g/mol. The van der Waals surface area contributed by atoms with Crippen molar-refractivity contribution in [3.05, 3.63) is 0 Å². The molecule has 5 nitrogen and oxygen atoms in total. The molecule has 0 aromatic carbocycles. The van der Waals surface area contributed by atoms with Crippen molar-refractivity contribution in [2.75, 3.05) is 46.6 Å². The van der Waals surface area contributed by atoms with E-state index in [4.69, 9.17) is 14.6 Å². The van der Waals surface area contributed by atoms with E-state index in [-0.39, 0.29) is 0 Å². The molecule has 0 radical (unpaired) electrons. The Kier molecular flexibility index (Phi) is 7.16. The van der Waals surface area contributed by atoms with Crippen LogP contribution in [0.2, 0.25) is 0 Å². The third-order valence-electron chi connectivity index (χ3n) is 3.03. The van der Waals surface area contributed by atoms with Gasteiger partial charge < -0.3 is 19.5 Å². The van der Waals surface area contributed by atoms with Crippen LogP contribution in [0.1, 0.15) is 19.3 Å². The summed E-state index contributed by atoms with van der Waals surface area (Å²) >= 11 is 0. The molecule has 0 amide bonds. The van der Waals surface area contributed by atoms with E-state index < -0.39 is 5.97 Å². The first kappa shape index (κ1) is 14.4. The van der Waals surface area contributed by atoms with Crippen LogP contribution in [0.15, 0.2) is 0 Å². The van der Waals surface area contributed by atoms with E-state index in [1.807, 2.05) is 0 Å². The Morgan fingerprint density at radius 1 is 1.41 bits per heavy atom. The monoisotopic (exact) mass is 245 g/mol. The van der Waals surface area contributed by atoms with Crippen LogP contribution in [0.25, 0.3) is 0 Å². The number of ether oxygens (including phenoxy) is 2. The fourth-order valence-corrected chi connectivity index (χ4v) is 2.16. The molecule has 100 valence electrons. The van der Waals surface area contributed by atoms with Crippen LogP contribution < -0.4 is 0 Å². The number of methoxy groups -OCH3 is 1. The average Bonchev–Trinajstić information content (AvgIpc) is 2.70. The Hall–Kier alpha value is -0.650. The maximum Gasteiger partial charge on any atom is 0.303 e. The molecule has 0 bridgehead atoms. The van der Waals surface area contributed by atoms with E-state index in [1.165, 1.54) is 0 Å². The van der Waals surface area contributed by atoms with Gasteiger partial charge in [-0.2, -0.15) is 0 Å². The molecular formula is C12H23NO4. The minimum atomic E-state index is -0.681. The third kappa shape index (κ3) is 6.61. The SMILES string of the molecule is COCCOCCCN1CCC(CC(=O)O)C1. The molecule has 1 heterocycles. The second kappa shape index (κ2) is 8.44.